The van der Waals surface area contributed by atoms with Gasteiger partial charge in [-0.05, 0) is 88.4 Å². The van der Waals surface area contributed by atoms with Crippen molar-refractivity contribution >= 4 is 21.6 Å². The number of likely N-dealkylation sites (tertiary alicyclic amines) is 1. The minimum absolute atomic E-state index is 0.0305. The summed E-state index contributed by atoms with van der Waals surface area (Å²) in [6.07, 6.45) is 2.13. The lowest BCUT2D eigenvalue weighted by Gasteiger charge is -2.48. The molecule has 0 aliphatic carbocycles. The Morgan fingerprint density at radius 1 is 0.837 bits per heavy atom. The molecule has 13 heteroatoms. The molecule has 0 N–H and O–H groups in total. The summed E-state index contributed by atoms with van der Waals surface area (Å²) in [6, 6.07) is 16.9. The number of hydrogen-bond donors (Lipinski definition) is 0. The minimum Gasteiger partial charge on any atom is -0.497 e. The highest BCUT2D eigenvalue weighted by molar-refractivity contribution is 7.93. The van der Waals surface area contributed by atoms with E-state index in [1.807, 2.05) is 6.92 Å². The summed E-state index contributed by atoms with van der Waals surface area (Å²) in [5, 5.41) is 10.1. The molecule has 1 amide bonds. The van der Waals surface area contributed by atoms with Crippen molar-refractivity contribution in [1.82, 2.24) is 14.7 Å². The average molecular weight is 690 g/mol. The molecule has 0 radical (unpaired) electrons. The van der Waals surface area contributed by atoms with E-state index < -0.39 is 21.5 Å². The van der Waals surface area contributed by atoms with E-state index in [1.54, 1.807) is 24.3 Å². The van der Waals surface area contributed by atoms with Crippen LogP contribution in [0, 0.1) is 11.3 Å². The molecule has 1 unspecified atom stereocenters. The van der Waals surface area contributed by atoms with Crippen LogP contribution in [0.25, 0.3) is 0 Å². The zero-order chi connectivity index (χ0) is 34.9. The van der Waals surface area contributed by atoms with Crippen LogP contribution in [-0.4, -0.2) is 109 Å². The van der Waals surface area contributed by atoms with Crippen LogP contribution in [0.5, 0.6) is 23.0 Å². The number of nitriles is 1. The van der Waals surface area contributed by atoms with Crippen LogP contribution >= 0.6 is 0 Å². The monoisotopic (exact) mass is 689 g/mol. The van der Waals surface area contributed by atoms with Crippen LogP contribution in [0.4, 0.5) is 5.69 Å². The second-order valence-electron chi connectivity index (χ2n) is 12.5. The molecule has 3 aliphatic rings. The Balaban J connectivity index is 1.56. The van der Waals surface area contributed by atoms with Crippen LogP contribution in [0.2, 0.25) is 0 Å². The first-order chi connectivity index (χ1) is 23.6. The third-order valence-corrected chi connectivity index (χ3v) is 11.7. The maximum absolute atomic E-state index is 15.5. The Morgan fingerprint density at radius 2 is 1.51 bits per heavy atom. The zero-order valence-corrected chi connectivity index (χ0v) is 29.5. The normalized spacial score (nSPS) is 20.9. The third kappa shape index (κ3) is 5.86. The number of hydrogen-bond acceptors (Lipinski definition) is 11. The van der Waals surface area contributed by atoms with Crippen molar-refractivity contribution in [1.29, 1.82) is 5.26 Å². The van der Waals surface area contributed by atoms with Gasteiger partial charge in [0.05, 0.1) is 45.3 Å². The summed E-state index contributed by atoms with van der Waals surface area (Å²) >= 11 is 0. The van der Waals surface area contributed by atoms with Crippen molar-refractivity contribution in [3.63, 3.8) is 0 Å². The molecule has 3 aromatic rings. The molecule has 49 heavy (non-hydrogen) atoms. The molecule has 6 rings (SSSR count). The molecule has 2 saturated heterocycles. The van der Waals surface area contributed by atoms with Gasteiger partial charge >= 0.3 is 0 Å². The summed E-state index contributed by atoms with van der Waals surface area (Å²) in [6.45, 7) is 6.53. The third-order valence-electron chi connectivity index (χ3n) is 9.99. The summed E-state index contributed by atoms with van der Waals surface area (Å²) in [4.78, 5) is 22.2. The molecular formula is C36H43N5O7S. The predicted molar refractivity (Wildman–Crippen MR) is 184 cm³/mol. The van der Waals surface area contributed by atoms with Gasteiger partial charge in [0.25, 0.3) is 15.9 Å². The second-order valence-corrected chi connectivity index (χ2v) is 14.3. The highest BCUT2D eigenvalue weighted by atomic mass is 32.2. The van der Waals surface area contributed by atoms with Crippen molar-refractivity contribution in [2.75, 3.05) is 78.6 Å². The highest BCUT2D eigenvalue weighted by Gasteiger charge is 2.61. The van der Waals surface area contributed by atoms with E-state index in [-0.39, 0.29) is 16.3 Å². The molecule has 3 aromatic carbocycles. The largest absolute Gasteiger partial charge is 0.497 e. The van der Waals surface area contributed by atoms with Crippen molar-refractivity contribution in [3.8, 4) is 29.1 Å². The van der Waals surface area contributed by atoms with Gasteiger partial charge in [0.15, 0.2) is 5.54 Å². The number of rotatable bonds is 10. The van der Waals surface area contributed by atoms with Crippen LogP contribution in [0.3, 0.4) is 0 Å². The fourth-order valence-corrected chi connectivity index (χ4v) is 9.09. The smallest absolute Gasteiger partial charge is 0.274 e. The van der Waals surface area contributed by atoms with Crippen molar-refractivity contribution in [2.45, 2.75) is 36.2 Å². The summed E-state index contributed by atoms with van der Waals surface area (Å²) < 4.78 is 53.1. The van der Waals surface area contributed by atoms with E-state index in [2.05, 4.69) is 27.8 Å². The number of piperazine rings is 1. The molecule has 0 saturated carbocycles. The maximum atomic E-state index is 15.5. The molecular weight excluding hydrogens is 646 g/mol. The Labute approximate surface area is 288 Å². The fraction of sp³-hybridized carbons (Fsp3) is 0.444. The number of fused-ring (bicyclic) bond motifs is 1. The summed E-state index contributed by atoms with van der Waals surface area (Å²) in [5.74, 6) is 0.633. The molecule has 12 nitrogen and oxygen atoms in total. The molecule has 1 atom stereocenters. The number of sulfonamides is 1. The van der Waals surface area contributed by atoms with Gasteiger partial charge in [0.2, 0.25) is 0 Å². The number of amides is 1. The van der Waals surface area contributed by atoms with Gasteiger partial charge in [-0.1, -0.05) is 0 Å². The first-order valence-corrected chi connectivity index (χ1v) is 17.9. The van der Waals surface area contributed by atoms with Gasteiger partial charge in [-0.2, -0.15) is 5.26 Å². The quantitative estimate of drug-likeness (QED) is 0.310. The summed E-state index contributed by atoms with van der Waals surface area (Å²) in [5.41, 5.74) is -0.392. The van der Waals surface area contributed by atoms with Crippen LogP contribution < -0.4 is 23.3 Å². The van der Waals surface area contributed by atoms with Gasteiger partial charge in [-0.25, -0.2) is 12.7 Å². The van der Waals surface area contributed by atoms with Gasteiger partial charge in [0, 0.05) is 49.4 Å². The second kappa shape index (κ2) is 13.9. The van der Waals surface area contributed by atoms with E-state index >= 15 is 4.79 Å². The van der Waals surface area contributed by atoms with Crippen LogP contribution in [0.1, 0.15) is 36.5 Å². The topological polar surface area (TPSA) is 125 Å². The number of nitrogens with zero attached hydrogens (tertiary/aromatic N) is 5. The Hall–Kier alpha value is -4.35. The summed E-state index contributed by atoms with van der Waals surface area (Å²) in [7, 11) is 1.95. The van der Waals surface area contributed by atoms with Gasteiger partial charge < -0.3 is 23.8 Å². The number of ether oxygens (including phenoxy) is 4. The minimum atomic E-state index is -4.57. The lowest BCUT2D eigenvalue weighted by atomic mass is 9.80. The number of piperidine rings is 1. The van der Waals surface area contributed by atoms with E-state index in [9.17, 15) is 13.7 Å². The van der Waals surface area contributed by atoms with Crippen molar-refractivity contribution < 1.29 is 32.2 Å². The van der Waals surface area contributed by atoms with Crippen molar-refractivity contribution in [2.24, 2.45) is 0 Å². The number of anilines is 1. The zero-order valence-electron chi connectivity index (χ0n) is 28.6. The Kier molecular flexibility index (Phi) is 9.77. The average Bonchev–Trinajstić information content (AvgIpc) is 3.40. The molecule has 260 valence electrons. The molecule has 3 heterocycles. The number of carbonyl (C=O) groups is 1. The SMILES string of the molecule is CCOc1ccc(OC)cc1C1(N2CCN(C3CCN(C)CC3)CC2)C(=O)N(S(=O)(=O)c2ccc(OC)cc2OC)c2ccc(C#N)cc21. The van der Waals surface area contributed by atoms with E-state index in [1.165, 1.54) is 51.7 Å². The number of benzene rings is 3. The molecule has 3 aliphatic heterocycles. The molecule has 0 spiro atoms. The van der Waals surface area contributed by atoms with E-state index in [0.717, 1.165) is 30.2 Å². The fourth-order valence-electron chi connectivity index (χ4n) is 7.49. The standard InChI is InChI=1S/C36H43N5O7S/c1-6-48-32-11-8-27(45-3)22-30(32)36(40-19-17-39(18-20-40)26-13-15-38(2)16-14-26)29-21-25(24-37)7-10-31(29)41(35(36)42)49(43,44)34-12-9-28(46-4)23-33(34)47-5/h7-12,21-23,26H,6,13-20H2,1-5H3. The highest BCUT2D eigenvalue weighted by Crippen LogP contribution is 2.54. The molecule has 0 bridgehead atoms. The van der Waals surface area contributed by atoms with Crippen LogP contribution in [0.15, 0.2) is 59.5 Å². The van der Waals surface area contributed by atoms with Gasteiger partial charge in [0.1, 0.15) is 27.9 Å². The number of methoxy groups -OCH3 is 3. The van der Waals surface area contributed by atoms with E-state index in [4.69, 9.17) is 18.9 Å². The van der Waals surface area contributed by atoms with Crippen molar-refractivity contribution in [3.05, 3.63) is 71.3 Å². The Morgan fingerprint density at radius 3 is 2.14 bits per heavy atom. The van der Waals surface area contributed by atoms with Crippen LogP contribution in [-0.2, 0) is 20.4 Å². The van der Waals surface area contributed by atoms with Gasteiger partial charge in [-0.15, -0.1) is 0 Å². The lowest BCUT2D eigenvalue weighted by Crippen LogP contribution is -2.62. The lowest BCUT2D eigenvalue weighted by molar-refractivity contribution is -0.128. The molecule has 2 fully saturated rings. The predicted octanol–water partition coefficient (Wildman–Crippen LogP) is 3.67. The van der Waals surface area contributed by atoms with E-state index in [0.29, 0.717) is 72.8 Å². The van der Waals surface area contributed by atoms with Gasteiger partial charge in [-0.3, -0.25) is 14.6 Å². The molecule has 0 aromatic heterocycles. The first kappa shape index (κ1) is 34.5. The first-order valence-electron chi connectivity index (χ1n) is 16.5. The number of carbonyl (C=O) groups excluding carboxylic acids is 1. The Bertz CT molecular complexity index is 1860. The maximum Gasteiger partial charge on any atom is 0.274 e.